The second kappa shape index (κ2) is 10.7. The lowest BCUT2D eigenvalue weighted by Crippen LogP contribution is -2.54. The quantitative estimate of drug-likeness (QED) is 0.507. The molecule has 3 aromatic rings. The van der Waals surface area contributed by atoms with Gasteiger partial charge in [0.2, 0.25) is 5.95 Å². The van der Waals surface area contributed by atoms with Crippen molar-refractivity contribution in [3.05, 3.63) is 70.5 Å². The normalized spacial score (nSPS) is 18.9. The molecule has 2 aliphatic rings. The van der Waals surface area contributed by atoms with Gasteiger partial charge in [-0.05, 0) is 37.6 Å². The van der Waals surface area contributed by atoms with Crippen LogP contribution in [0.2, 0.25) is 5.02 Å². The fourth-order valence-electron chi connectivity index (χ4n) is 5.28. The Labute approximate surface area is 222 Å². The van der Waals surface area contributed by atoms with Crippen molar-refractivity contribution in [2.45, 2.75) is 26.4 Å². The highest BCUT2D eigenvalue weighted by molar-refractivity contribution is 6.33. The predicted molar refractivity (Wildman–Crippen MR) is 144 cm³/mol. The molecule has 8 nitrogen and oxygen atoms in total. The van der Waals surface area contributed by atoms with Gasteiger partial charge in [-0.25, -0.2) is 14.4 Å². The van der Waals surface area contributed by atoms with Crippen molar-refractivity contribution in [1.82, 2.24) is 24.3 Å². The SMILES string of the molecule is Cc1c(CN2CCN(c3ccccc3Cl)CC2)cc(C(=O)N2CCN(c3ncc(F)cn3)C[C@@H]2C)n1C. The minimum atomic E-state index is -0.456. The molecular weight excluding hydrogens is 493 g/mol. The molecular formula is C27H33ClFN7O. The highest BCUT2D eigenvalue weighted by atomic mass is 35.5. The average Bonchev–Trinajstić information content (AvgIpc) is 3.18. The van der Waals surface area contributed by atoms with Gasteiger partial charge < -0.3 is 19.3 Å². The van der Waals surface area contributed by atoms with Gasteiger partial charge in [0.25, 0.3) is 5.91 Å². The summed E-state index contributed by atoms with van der Waals surface area (Å²) in [7, 11) is 1.97. The molecule has 37 heavy (non-hydrogen) atoms. The Hall–Kier alpha value is -3.17. The standard InChI is InChI=1S/C27H33ClFN7O/c1-19-17-35(27-30-15-22(29)16-31-27)12-13-36(19)26(37)25-14-21(20(2)32(25)3)18-33-8-10-34(11-9-33)24-7-5-4-6-23(24)28/h4-7,14-16,19H,8-13,17-18H2,1-3H3/t19-/m0/s1. The predicted octanol–water partition coefficient (Wildman–Crippen LogP) is 3.59. The number of carbonyl (C=O) groups excluding carboxylic acids is 1. The van der Waals surface area contributed by atoms with Crippen molar-refractivity contribution < 1.29 is 9.18 Å². The summed E-state index contributed by atoms with van der Waals surface area (Å²) >= 11 is 6.40. The van der Waals surface area contributed by atoms with Crippen LogP contribution in [-0.2, 0) is 13.6 Å². The van der Waals surface area contributed by atoms with Gasteiger partial charge in [0.15, 0.2) is 5.82 Å². The van der Waals surface area contributed by atoms with Crippen LogP contribution in [0.4, 0.5) is 16.0 Å². The molecule has 1 atom stereocenters. The van der Waals surface area contributed by atoms with Gasteiger partial charge in [0.1, 0.15) is 5.69 Å². The van der Waals surface area contributed by atoms with Gasteiger partial charge in [-0.2, -0.15) is 0 Å². The third kappa shape index (κ3) is 5.29. The Kier molecular flexibility index (Phi) is 7.35. The molecule has 2 aromatic heterocycles. The first-order chi connectivity index (χ1) is 17.8. The van der Waals surface area contributed by atoms with Crippen molar-refractivity contribution in [1.29, 1.82) is 0 Å². The first-order valence-electron chi connectivity index (χ1n) is 12.7. The van der Waals surface area contributed by atoms with Crippen LogP contribution in [0.5, 0.6) is 0 Å². The largest absolute Gasteiger partial charge is 0.368 e. The van der Waals surface area contributed by atoms with E-state index < -0.39 is 5.82 Å². The van der Waals surface area contributed by atoms with E-state index in [2.05, 4.69) is 38.8 Å². The molecule has 196 valence electrons. The van der Waals surface area contributed by atoms with Gasteiger partial charge in [-0.15, -0.1) is 0 Å². The zero-order valence-corrected chi connectivity index (χ0v) is 22.3. The molecule has 0 bridgehead atoms. The molecule has 2 fully saturated rings. The number of benzene rings is 1. The van der Waals surface area contributed by atoms with Crippen LogP contribution in [0.25, 0.3) is 0 Å². The average molecular weight is 526 g/mol. The molecule has 2 aliphatic heterocycles. The van der Waals surface area contributed by atoms with E-state index in [0.717, 1.165) is 49.1 Å². The maximum Gasteiger partial charge on any atom is 0.270 e. The first-order valence-corrected chi connectivity index (χ1v) is 13.1. The number of rotatable bonds is 5. The third-order valence-corrected chi connectivity index (χ3v) is 7.92. The van der Waals surface area contributed by atoms with Crippen LogP contribution in [-0.4, -0.2) is 82.1 Å². The zero-order chi connectivity index (χ0) is 26.1. The van der Waals surface area contributed by atoms with Crippen LogP contribution in [0.1, 0.15) is 28.7 Å². The summed E-state index contributed by atoms with van der Waals surface area (Å²) in [6.07, 6.45) is 2.35. The number of aromatic nitrogens is 3. The summed E-state index contributed by atoms with van der Waals surface area (Å²) in [5.41, 5.74) is 4.10. The highest BCUT2D eigenvalue weighted by Gasteiger charge is 2.31. The summed E-state index contributed by atoms with van der Waals surface area (Å²) < 4.78 is 15.2. The molecule has 5 rings (SSSR count). The molecule has 2 saturated heterocycles. The van der Waals surface area contributed by atoms with E-state index in [1.165, 1.54) is 18.0 Å². The minimum Gasteiger partial charge on any atom is -0.368 e. The number of piperazine rings is 2. The molecule has 0 N–H and O–H groups in total. The van der Waals surface area contributed by atoms with Crippen LogP contribution in [0.3, 0.4) is 0 Å². The molecule has 0 aliphatic carbocycles. The number of nitrogens with zero attached hydrogens (tertiary/aromatic N) is 7. The fourth-order valence-corrected chi connectivity index (χ4v) is 5.54. The number of hydrogen-bond donors (Lipinski definition) is 0. The summed E-state index contributed by atoms with van der Waals surface area (Å²) in [6, 6.07) is 10.0. The van der Waals surface area contributed by atoms with E-state index in [0.29, 0.717) is 31.3 Å². The lowest BCUT2D eigenvalue weighted by Gasteiger charge is -2.39. The van der Waals surface area contributed by atoms with Gasteiger partial charge in [0.05, 0.1) is 23.1 Å². The summed E-state index contributed by atoms with van der Waals surface area (Å²) in [5, 5.41) is 0.790. The molecule has 1 amide bonds. The molecule has 0 unspecified atom stereocenters. The second-order valence-electron chi connectivity index (χ2n) is 9.91. The highest BCUT2D eigenvalue weighted by Crippen LogP contribution is 2.27. The van der Waals surface area contributed by atoms with Crippen molar-refractivity contribution in [2.75, 3.05) is 55.6 Å². The van der Waals surface area contributed by atoms with E-state index in [1.807, 2.05) is 46.5 Å². The van der Waals surface area contributed by atoms with Gasteiger partial charge in [0, 0.05) is 71.1 Å². The Morgan fingerprint density at radius 3 is 2.41 bits per heavy atom. The number of hydrogen-bond acceptors (Lipinski definition) is 6. The summed E-state index contributed by atoms with van der Waals surface area (Å²) in [4.78, 5) is 30.5. The van der Waals surface area contributed by atoms with Crippen molar-refractivity contribution in [2.24, 2.45) is 7.05 Å². The second-order valence-corrected chi connectivity index (χ2v) is 10.3. The fraction of sp³-hybridized carbons (Fsp3) is 0.444. The van der Waals surface area contributed by atoms with Crippen LogP contribution < -0.4 is 9.80 Å². The Morgan fingerprint density at radius 1 is 1.05 bits per heavy atom. The molecule has 0 spiro atoms. The summed E-state index contributed by atoms with van der Waals surface area (Å²) in [5.74, 6) is 0.0718. The lowest BCUT2D eigenvalue weighted by molar-refractivity contribution is 0.0663. The van der Waals surface area contributed by atoms with Gasteiger partial charge >= 0.3 is 0 Å². The Morgan fingerprint density at radius 2 is 1.73 bits per heavy atom. The van der Waals surface area contributed by atoms with Crippen molar-refractivity contribution in [3.63, 3.8) is 0 Å². The molecule has 4 heterocycles. The van der Waals surface area contributed by atoms with E-state index in [4.69, 9.17) is 11.6 Å². The van der Waals surface area contributed by atoms with E-state index in [9.17, 15) is 9.18 Å². The third-order valence-electron chi connectivity index (χ3n) is 7.60. The number of anilines is 2. The van der Waals surface area contributed by atoms with E-state index in [1.54, 1.807) is 0 Å². The van der Waals surface area contributed by atoms with Crippen LogP contribution >= 0.6 is 11.6 Å². The zero-order valence-electron chi connectivity index (χ0n) is 21.6. The maximum absolute atomic E-state index is 13.6. The minimum absolute atomic E-state index is 0.0218. The molecule has 1 aromatic carbocycles. The van der Waals surface area contributed by atoms with E-state index in [-0.39, 0.29) is 11.9 Å². The Balaban J connectivity index is 1.22. The van der Waals surface area contributed by atoms with Crippen molar-refractivity contribution in [3.8, 4) is 0 Å². The van der Waals surface area contributed by atoms with E-state index >= 15 is 0 Å². The van der Waals surface area contributed by atoms with Gasteiger partial charge in [-0.1, -0.05) is 23.7 Å². The smallest absolute Gasteiger partial charge is 0.270 e. The van der Waals surface area contributed by atoms with Crippen LogP contribution in [0, 0.1) is 12.7 Å². The Bertz CT molecular complexity index is 1260. The first kappa shape index (κ1) is 25.5. The topological polar surface area (TPSA) is 60.7 Å². The van der Waals surface area contributed by atoms with Crippen LogP contribution in [0.15, 0.2) is 42.7 Å². The van der Waals surface area contributed by atoms with Gasteiger partial charge in [-0.3, -0.25) is 9.69 Å². The monoisotopic (exact) mass is 525 g/mol. The summed E-state index contributed by atoms with van der Waals surface area (Å²) in [6.45, 7) is 10.4. The number of carbonyl (C=O) groups is 1. The lowest BCUT2D eigenvalue weighted by atomic mass is 10.1. The number of halogens is 2. The molecule has 10 heteroatoms. The molecule has 0 radical (unpaired) electrons. The number of amides is 1. The number of para-hydroxylation sites is 1. The van der Waals surface area contributed by atoms with Crippen molar-refractivity contribution >= 4 is 29.1 Å². The maximum atomic E-state index is 13.6. The molecule has 0 saturated carbocycles.